The maximum atomic E-state index is 11.3. The Morgan fingerprint density at radius 3 is 2.89 bits per heavy atom. The molecule has 1 amide bonds. The van der Waals surface area contributed by atoms with E-state index in [9.17, 15) is 4.79 Å². The van der Waals surface area contributed by atoms with Crippen LogP contribution in [0.2, 0.25) is 5.15 Å². The molecule has 0 aromatic carbocycles. The van der Waals surface area contributed by atoms with Gasteiger partial charge in [0.1, 0.15) is 16.8 Å². The summed E-state index contributed by atoms with van der Waals surface area (Å²) in [6, 6.07) is 0. The van der Waals surface area contributed by atoms with Crippen LogP contribution in [0.15, 0.2) is 0 Å². The molecule has 1 aliphatic heterocycles. The molecule has 1 saturated heterocycles. The summed E-state index contributed by atoms with van der Waals surface area (Å²) in [5, 5.41) is 0.489. The molecule has 0 radical (unpaired) electrons. The molecule has 1 aliphatic rings. The Labute approximate surface area is 118 Å². The number of amides is 1. The molecule has 1 aromatic heterocycles. The first-order chi connectivity index (χ1) is 9.02. The average Bonchev–Trinajstić information content (AvgIpc) is 2.41. The lowest BCUT2D eigenvalue weighted by atomic mass is 9.97. The van der Waals surface area contributed by atoms with E-state index in [0.717, 1.165) is 43.0 Å². The van der Waals surface area contributed by atoms with Crippen LogP contribution < -0.4 is 10.6 Å². The maximum Gasteiger partial charge on any atom is 0.222 e. The van der Waals surface area contributed by atoms with Gasteiger partial charge in [-0.1, -0.05) is 18.5 Å². The summed E-state index contributed by atoms with van der Waals surface area (Å²) < 4.78 is 0. The van der Waals surface area contributed by atoms with E-state index in [1.54, 1.807) is 0 Å². The number of rotatable bonds is 3. The summed E-state index contributed by atoms with van der Waals surface area (Å²) in [6.07, 6.45) is 2.53. The molecule has 2 N–H and O–H groups in total. The number of halogens is 1. The molecule has 2 rings (SSSR count). The van der Waals surface area contributed by atoms with E-state index in [0.29, 0.717) is 11.7 Å². The Morgan fingerprint density at radius 2 is 2.26 bits per heavy atom. The van der Waals surface area contributed by atoms with Crippen molar-refractivity contribution in [2.75, 3.05) is 18.0 Å². The Morgan fingerprint density at radius 1 is 1.53 bits per heavy atom. The molecule has 0 spiro atoms. The molecular weight excluding hydrogens is 264 g/mol. The van der Waals surface area contributed by atoms with Crippen molar-refractivity contribution in [2.24, 2.45) is 11.7 Å². The minimum atomic E-state index is -0.238. The Hall–Kier alpha value is -1.36. The van der Waals surface area contributed by atoms with Crippen molar-refractivity contribution in [3.8, 4) is 0 Å². The van der Waals surface area contributed by atoms with Gasteiger partial charge in [-0.15, -0.1) is 0 Å². The summed E-state index contributed by atoms with van der Waals surface area (Å²) in [7, 11) is 0. The second-order valence-electron chi connectivity index (χ2n) is 4.92. The molecule has 1 aromatic rings. The van der Waals surface area contributed by atoms with E-state index in [4.69, 9.17) is 17.3 Å². The molecule has 6 heteroatoms. The molecule has 104 valence electrons. The maximum absolute atomic E-state index is 11.3. The second-order valence-corrected chi connectivity index (χ2v) is 5.28. The lowest BCUT2D eigenvalue weighted by Crippen LogP contribution is -2.42. The lowest BCUT2D eigenvalue weighted by molar-refractivity contribution is -0.122. The third kappa shape index (κ3) is 2.97. The summed E-state index contributed by atoms with van der Waals surface area (Å²) in [6.45, 7) is 5.39. The van der Waals surface area contributed by atoms with Gasteiger partial charge in [0, 0.05) is 25.1 Å². The van der Waals surface area contributed by atoms with Gasteiger partial charge in [0.05, 0.1) is 5.92 Å². The molecular formula is C13H19ClN4O. The summed E-state index contributed by atoms with van der Waals surface area (Å²) >= 11 is 6.15. The molecule has 2 heterocycles. The average molecular weight is 283 g/mol. The minimum Gasteiger partial charge on any atom is -0.369 e. The van der Waals surface area contributed by atoms with Crippen molar-refractivity contribution in [1.29, 1.82) is 0 Å². The molecule has 0 saturated carbocycles. The van der Waals surface area contributed by atoms with Gasteiger partial charge in [-0.3, -0.25) is 4.79 Å². The quantitative estimate of drug-likeness (QED) is 0.857. The van der Waals surface area contributed by atoms with Gasteiger partial charge in [-0.2, -0.15) is 0 Å². The van der Waals surface area contributed by atoms with Crippen molar-refractivity contribution < 1.29 is 4.79 Å². The van der Waals surface area contributed by atoms with Crippen molar-refractivity contribution in [2.45, 2.75) is 33.1 Å². The van der Waals surface area contributed by atoms with E-state index in [1.165, 1.54) is 0 Å². The molecule has 1 fully saturated rings. The van der Waals surface area contributed by atoms with E-state index in [1.807, 2.05) is 13.8 Å². The normalized spacial score (nSPS) is 19.5. The number of anilines is 1. The number of nitrogens with two attached hydrogens (primary N) is 1. The number of aryl methyl sites for hydroxylation is 1. The van der Waals surface area contributed by atoms with Gasteiger partial charge in [0.15, 0.2) is 0 Å². The van der Waals surface area contributed by atoms with Gasteiger partial charge < -0.3 is 10.6 Å². The highest BCUT2D eigenvalue weighted by molar-refractivity contribution is 6.30. The Bertz CT molecular complexity index is 492. The highest BCUT2D eigenvalue weighted by atomic mass is 35.5. The van der Waals surface area contributed by atoms with Crippen LogP contribution in [0.4, 0.5) is 5.82 Å². The van der Waals surface area contributed by atoms with Crippen molar-refractivity contribution in [3.63, 3.8) is 0 Å². The zero-order valence-corrected chi connectivity index (χ0v) is 12.1. The lowest BCUT2D eigenvalue weighted by Gasteiger charge is -2.33. The van der Waals surface area contributed by atoms with E-state index < -0.39 is 0 Å². The highest BCUT2D eigenvalue weighted by Gasteiger charge is 2.26. The van der Waals surface area contributed by atoms with Crippen molar-refractivity contribution in [3.05, 3.63) is 16.5 Å². The summed E-state index contributed by atoms with van der Waals surface area (Å²) in [4.78, 5) is 22.2. The minimum absolute atomic E-state index is 0.105. The van der Waals surface area contributed by atoms with E-state index in [-0.39, 0.29) is 11.8 Å². The van der Waals surface area contributed by atoms with Crippen LogP contribution in [-0.4, -0.2) is 29.0 Å². The third-order valence-electron chi connectivity index (χ3n) is 3.55. The Balaban J connectivity index is 2.30. The first-order valence-corrected chi connectivity index (χ1v) is 6.98. The third-order valence-corrected chi connectivity index (χ3v) is 3.91. The van der Waals surface area contributed by atoms with Gasteiger partial charge in [0.25, 0.3) is 0 Å². The van der Waals surface area contributed by atoms with Gasteiger partial charge in [-0.25, -0.2) is 9.97 Å². The fraction of sp³-hybridized carbons (Fsp3) is 0.615. The van der Waals surface area contributed by atoms with Crippen LogP contribution in [0.1, 0.15) is 31.2 Å². The van der Waals surface area contributed by atoms with E-state index in [2.05, 4.69) is 14.9 Å². The first-order valence-electron chi connectivity index (χ1n) is 6.60. The number of carbonyl (C=O) groups excluding carboxylic acids is 1. The smallest absolute Gasteiger partial charge is 0.222 e. The highest BCUT2D eigenvalue weighted by Crippen LogP contribution is 2.27. The fourth-order valence-corrected chi connectivity index (χ4v) is 2.57. The summed E-state index contributed by atoms with van der Waals surface area (Å²) in [5.74, 6) is 1.22. The predicted octanol–water partition coefficient (Wildman–Crippen LogP) is 1.70. The topological polar surface area (TPSA) is 72.1 Å². The van der Waals surface area contributed by atoms with Gasteiger partial charge in [-0.05, 0) is 19.8 Å². The van der Waals surface area contributed by atoms with Gasteiger partial charge in [0.2, 0.25) is 5.91 Å². The second kappa shape index (κ2) is 5.74. The van der Waals surface area contributed by atoms with Crippen LogP contribution in [0.3, 0.4) is 0 Å². The molecule has 5 nitrogen and oxygen atoms in total. The molecule has 0 bridgehead atoms. The van der Waals surface area contributed by atoms with Crippen LogP contribution in [-0.2, 0) is 11.2 Å². The van der Waals surface area contributed by atoms with Crippen LogP contribution >= 0.6 is 11.6 Å². The molecule has 1 atom stereocenters. The van der Waals surface area contributed by atoms with Crippen molar-refractivity contribution >= 4 is 23.3 Å². The number of hydrogen-bond acceptors (Lipinski definition) is 4. The zero-order chi connectivity index (χ0) is 14.0. The standard InChI is InChI=1S/C13H19ClN4O/c1-3-10-16-11(14)8(2)13(17-10)18-6-4-5-9(7-18)12(15)19/h9H,3-7H2,1-2H3,(H2,15,19). The number of carbonyl (C=O) groups is 1. The molecule has 1 unspecified atom stereocenters. The molecule has 0 aliphatic carbocycles. The van der Waals surface area contributed by atoms with Gasteiger partial charge >= 0.3 is 0 Å². The SMILES string of the molecule is CCc1nc(Cl)c(C)c(N2CCCC(C(N)=O)C2)n1. The van der Waals surface area contributed by atoms with Crippen LogP contribution in [0.25, 0.3) is 0 Å². The first kappa shape index (κ1) is 14.1. The van der Waals surface area contributed by atoms with Crippen LogP contribution in [0.5, 0.6) is 0 Å². The fourth-order valence-electron chi connectivity index (χ4n) is 2.39. The zero-order valence-electron chi connectivity index (χ0n) is 11.3. The number of primary amides is 1. The number of piperidine rings is 1. The van der Waals surface area contributed by atoms with Crippen LogP contribution in [0, 0.1) is 12.8 Å². The number of hydrogen-bond donors (Lipinski definition) is 1. The molecule has 19 heavy (non-hydrogen) atoms. The van der Waals surface area contributed by atoms with Crippen molar-refractivity contribution in [1.82, 2.24) is 9.97 Å². The number of aromatic nitrogens is 2. The largest absolute Gasteiger partial charge is 0.369 e. The monoisotopic (exact) mass is 282 g/mol. The van der Waals surface area contributed by atoms with E-state index >= 15 is 0 Å². The Kier molecular flexibility index (Phi) is 4.24. The predicted molar refractivity (Wildman–Crippen MR) is 75.3 cm³/mol. The number of nitrogens with zero attached hydrogens (tertiary/aromatic N) is 3. The summed E-state index contributed by atoms with van der Waals surface area (Å²) in [5.41, 5.74) is 6.27.